The molecular formula is C15H21F2NO. The van der Waals surface area contributed by atoms with Crippen molar-refractivity contribution in [3.05, 3.63) is 35.4 Å². The van der Waals surface area contributed by atoms with Crippen molar-refractivity contribution in [2.24, 2.45) is 0 Å². The molecular weight excluding hydrogens is 248 g/mol. The van der Waals surface area contributed by atoms with Crippen molar-refractivity contribution >= 4 is 0 Å². The molecule has 1 aromatic carbocycles. The quantitative estimate of drug-likeness (QED) is 0.879. The van der Waals surface area contributed by atoms with E-state index in [0.717, 1.165) is 38.2 Å². The standard InChI is InChI=1S/C15H21F2NO/c1-2-4-13-5-3-6-14(18-13)15(19)10-7-11(16)9-12(17)8-10/h7-9,13-15,18-19H,2-6H2,1H3/t13-,14?,15?/m0/s1. The maximum atomic E-state index is 13.2. The molecule has 0 radical (unpaired) electrons. The van der Waals surface area contributed by atoms with E-state index in [9.17, 15) is 13.9 Å². The molecule has 0 spiro atoms. The van der Waals surface area contributed by atoms with Crippen LogP contribution >= 0.6 is 0 Å². The summed E-state index contributed by atoms with van der Waals surface area (Å²) in [5.41, 5.74) is 0.312. The smallest absolute Gasteiger partial charge is 0.126 e. The Bertz CT molecular complexity index is 402. The van der Waals surface area contributed by atoms with Crippen LogP contribution in [0.15, 0.2) is 18.2 Å². The van der Waals surface area contributed by atoms with Gasteiger partial charge in [-0.2, -0.15) is 0 Å². The van der Waals surface area contributed by atoms with Crippen molar-refractivity contribution < 1.29 is 13.9 Å². The second-order valence-corrected chi connectivity index (χ2v) is 5.34. The fraction of sp³-hybridized carbons (Fsp3) is 0.600. The number of piperidine rings is 1. The molecule has 19 heavy (non-hydrogen) atoms. The molecule has 0 amide bonds. The van der Waals surface area contributed by atoms with Gasteiger partial charge in [0.15, 0.2) is 0 Å². The van der Waals surface area contributed by atoms with Crippen LogP contribution in [0.4, 0.5) is 8.78 Å². The molecule has 0 aliphatic carbocycles. The van der Waals surface area contributed by atoms with E-state index in [1.165, 1.54) is 12.1 Å². The second-order valence-electron chi connectivity index (χ2n) is 5.34. The van der Waals surface area contributed by atoms with Gasteiger partial charge in [-0.15, -0.1) is 0 Å². The summed E-state index contributed by atoms with van der Waals surface area (Å²) in [6.07, 6.45) is 4.28. The normalized spacial score (nSPS) is 25.3. The Morgan fingerprint density at radius 1 is 1.26 bits per heavy atom. The summed E-state index contributed by atoms with van der Waals surface area (Å²) < 4.78 is 26.4. The first kappa shape index (κ1) is 14.4. The van der Waals surface area contributed by atoms with Crippen LogP contribution in [0.2, 0.25) is 0 Å². The van der Waals surface area contributed by atoms with Crippen molar-refractivity contribution in [1.82, 2.24) is 5.32 Å². The summed E-state index contributed by atoms with van der Waals surface area (Å²) in [4.78, 5) is 0. The van der Waals surface area contributed by atoms with Crippen LogP contribution in [0, 0.1) is 11.6 Å². The van der Waals surface area contributed by atoms with Crippen LogP contribution in [0.1, 0.15) is 50.7 Å². The van der Waals surface area contributed by atoms with Crippen molar-refractivity contribution in [2.75, 3.05) is 0 Å². The summed E-state index contributed by atoms with van der Waals surface area (Å²) in [6.45, 7) is 2.13. The lowest BCUT2D eigenvalue weighted by Crippen LogP contribution is -2.45. The zero-order valence-electron chi connectivity index (χ0n) is 11.2. The molecule has 1 aliphatic rings. The number of halogens is 2. The minimum Gasteiger partial charge on any atom is -0.387 e. The largest absolute Gasteiger partial charge is 0.387 e. The van der Waals surface area contributed by atoms with Gasteiger partial charge in [0.05, 0.1) is 6.10 Å². The first-order chi connectivity index (χ1) is 9.10. The van der Waals surface area contributed by atoms with Gasteiger partial charge in [0.1, 0.15) is 11.6 Å². The van der Waals surface area contributed by atoms with Gasteiger partial charge in [-0.1, -0.05) is 19.8 Å². The molecule has 0 aromatic heterocycles. The van der Waals surface area contributed by atoms with Gasteiger partial charge >= 0.3 is 0 Å². The molecule has 4 heteroatoms. The van der Waals surface area contributed by atoms with Crippen LogP contribution in [0.5, 0.6) is 0 Å². The van der Waals surface area contributed by atoms with Gasteiger partial charge in [-0.05, 0) is 37.0 Å². The molecule has 1 fully saturated rings. The second kappa shape index (κ2) is 6.44. The Morgan fingerprint density at radius 2 is 1.95 bits per heavy atom. The predicted octanol–water partition coefficient (Wildman–Crippen LogP) is 3.31. The Morgan fingerprint density at radius 3 is 2.58 bits per heavy atom. The minimum absolute atomic E-state index is 0.119. The Labute approximate surface area is 112 Å². The van der Waals surface area contributed by atoms with Crippen molar-refractivity contribution in [2.45, 2.75) is 57.2 Å². The monoisotopic (exact) mass is 269 g/mol. The van der Waals surface area contributed by atoms with Gasteiger partial charge < -0.3 is 10.4 Å². The van der Waals surface area contributed by atoms with Gasteiger partial charge in [0, 0.05) is 18.2 Å². The molecule has 2 rings (SSSR count). The van der Waals surface area contributed by atoms with Crippen LogP contribution in [-0.2, 0) is 0 Å². The van der Waals surface area contributed by atoms with E-state index >= 15 is 0 Å². The number of benzene rings is 1. The van der Waals surface area contributed by atoms with E-state index in [1.54, 1.807) is 0 Å². The van der Waals surface area contributed by atoms with E-state index in [4.69, 9.17) is 0 Å². The third-order valence-corrected chi connectivity index (χ3v) is 3.76. The van der Waals surface area contributed by atoms with Crippen LogP contribution in [0.25, 0.3) is 0 Å². The van der Waals surface area contributed by atoms with Crippen molar-refractivity contribution in [1.29, 1.82) is 0 Å². The average Bonchev–Trinajstić information content (AvgIpc) is 2.37. The highest BCUT2D eigenvalue weighted by Crippen LogP contribution is 2.26. The van der Waals surface area contributed by atoms with Crippen LogP contribution in [-0.4, -0.2) is 17.2 Å². The molecule has 0 saturated carbocycles. The van der Waals surface area contributed by atoms with Gasteiger partial charge in [-0.3, -0.25) is 0 Å². The summed E-state index contributed by atoms with van der Waals surface area (Å²) in [5.74, 6) is -1.29. The maximum Gasteiger partial charge on any atom is 0.126 e. The number of hydrogen-bond acceptors (Lipinski definition) is 2. The van der Waals surface area contributed by atoms with E-state index in [-0.39, 0.29) is 6.04 Å². The Balaban J connectivity index is 2.07. The molecule has 1 aliphatic heterocycles. The average molecular weight is 269 g/mol. The molecule has 1 aromatic rings. The van der Waals surface area contributed by atoms with Gasteiger partial charge in [-0.25, -0.2) is 8.78 Å². The minimum atomic E-state index is -0.857. The lowest BCUT2D eigenvalue weighted by atomic mass is 9.90. The zero-order valence-corrected chi connectivity index (χ0v) is 11.2. The van der Waals surface area contributed by atoms with Crippen molar-refractivity contribution in [3.63, 3.8) is 0 Å². The molecule has 106 valence electrons. The molecule has 3 atom stereocenters. The van der Waals surface area contributed by atoms with Crippen LogP contribution < -0.4 is 5.32 Å². The maximum absolute atomic E-state index is 13.2. The molecule has 1 saturated heterocycles. The molecule has 2 unspecified atom stereocenters. The van der Waals surface area contributed by atoms with Crippen LogP contribution in [0.3, 0.4) is 0 Å². The number of nitrogens with one attached hydrogen (secondary N) is 1. The summed E-state index contributed by atoms with van der Waals surface area (Å²) in [5, 5.41) is 13.7. The molecule has 0 bridgehead atoms. The predicted molar refractivity (Wildman–Crippen MR) is 70.8 cm³/mol. The molecule has 2 N–H and O–H groups in total. The fourth-order valence-electron chi connectivity index (χ4n) is 2.86. The van der Waals surface area contributed by atoms with E-state index < -0.39 is 17.7 Å². The number of hydrogen-bond donors (Lipinski definition) is 2. The number of rotatable bonds is 4. The zero-order chi connectivity index (χ0) is 13.8. The lowest BCUT2D eigenvalue weighted by Gasteiger charge is -2.34. The summed E-state index contributed by atoms with van der Waals surface area (Å²) in [6, 6.07) is 3.52. The summed E-state index contributed by atoms with van der Waals surface area (Å²) in [7, 11) is 0. The highest BCUT2D eigenvalue weighted by molar-refractivity contribution is 5.21. The van der Waals surface area contributed by atoms with E-state index in [2.05, 4.69) is 12.2 Å². The van der Waals surface area contributed by atoms with Gasteiger partial charge in [0.25, 0.3) is 0 Å². The summed E-state index contributed by atoms with van der Waals surface area (Å²) >= 11 is 0. The third kappa shape index (κ3) is 3.74. The first-order valence-electron chi connectivity index (χ1n) is 7.00. The first-order valence-corrected chi connectivity index (χ1v) is 7.00. The highest BCUT2D eigenvalue weighted by Gasteiger charge is 2.27. The Hall–Kier alpha value is -1.00. The topological polar surface area (TPSA) is 32.3 Å². The number of aliphatic hydroxyl groups is 1. The third-order valence-electron chi connectivity index (χ3n) is 3.76. The highest BCUT2D eigenvalue weighted by atomic mass is 19.1. The van der Waals surface area contributed by atoms with Gasteiger partial charge in [0.2, 0.25) is 0 Å². The lowest BCUT2D eigenvalue weighted by molar-refractivity contribution is 0.0992. The Kier molecular flexibility index (Phi) is 4.88. The van der Waals surface area contributed by atoms with Crippen molar-refractivity contribution in [3.8, 4) is 0 Å². The number of aliphatic hydroxyl groups excluding tert-OH is 1. The van der Waals surface area contributed by atoms with E-state index in [0.29, 0.717) is 11.6 Å². The molecule has 1 heterocycles. The van der Waals surface area contributed by atoms with E-state index in [1.807, 2.05) is 0 Å². The SMILES string of the molecule is CCC[C@H]1CCCC(C(O)c2cc(F)cc(F)c2)N1. The fourth-order valence-corrected chi connectivity index (χ4v) is 2.86. The molecule has 2 nitrogen and oxygen atoms in total.